The summed E-state index contributed by atoms with van der Waals surface area (Å²) in [6, 6.07) is 6.76. The lowest BCUT2D eigenvalue weighted by Crippen LogP contribution is -2.52. The third kappa shape index (κ3) is 6.34. The molecule has 0 radical (unpaired) electrons. The van der Waals surface area contributed by atoms with Crippen molar-refractivity contribution in [3.8, 4) is 0 Å². The number of aliphatic hydroxyl groups is 1. The third-order valence-corrected chi connectivity index (χ3v) is 2.72. The van der Waals surface area contributed by atoms with E-state index in [1.807, 2.05) is 0 Å². The Labute approximate surface area is 127 Å². The Kier molecular flexibility index (Phi) is 5.82. The molecule has 1 amide bonds. The van der Waals surface area contributed by atoms with Crippen LogP contribution >= 0.6 is 0 Å². The van der Waals surface area contributed by atoms with E-state index >= 15 is 0 Å². The molecule has 2 N–H and O–H groups in total. The number of alkyl halides is 3. The number of rotatable bonds is 4. The van der Waals surface area contributed by atoms with E-state index in [0.29, 0.717) is 5.56 Å². The van der Waals surface area contributed by atoms with Gasteiger partial charge in [-0.25, -0.2) is 4.79 Å². The van der Waals surface area contributed by atoms with Crippen LogP contribution in [0.5, 0.6) is 0 Å². The minimum absolute atomic E-state index is 0.166. The fourth-order valence-electron chi connectivity index (χ4n) is 1.80. The van der Waals surface area contributed by atoms with Gasteiger partial charge in [0.05, 0.1) is 6.04 Å². The van der Waals surface area contributed by atoms with Gasteiger partial charge in [-0.1, -0.05) is 30.3 Å². The second-order valence-electron chi connectivity index (χ2n) is 5.93. The van der Waals surface area contributed by atoms with Crippen LogP contribution in [0.2, 0.25) is 0 Å². The molecular weight excluding hydrogens is 299 g/mol. The first-order valence-corrected chi connectivity index (χ1v) is 6.77. The number of hydrogen-bond acceptors (Lipinski definition) is 3. The molecule has 0 aliphatic carbocycles. The van der Waals surface area contributed by atoms with Crippen molar-refractivity contribution in [1.29, 1.82) is 0 Å². The van der Waals surface area contributed by atoms with Crippen molar-refractivity contribution >= 4 is 6.09 Å². The summed E-state index contributed by atoms with van der Waals surface area (Å²) in [5.41, 5.74) is -0.281. The van der Waals surface area contributed by atoms with Gasteiger partial charge in [0.1, 0.15) is 5.60 Å². The van der Waals surface area contributed by atoms with Gasteiger partial charge >= 0.3 is 12.3 Å². The minimum atomic E-state index is -4.84. The molecule has 0 aliphatic heterocycles. The highest BCUT2D eigenvalue weighted by Crippen LogP contribution is 2.24. The molecule has 0 aromatic heterocycles. The van der Waals surface area contributed by atoms with Crippen LogP contribution in [0.4, 0.5) is 18.0 Å². The first-order chi connectivity index (χ1) is 9.99. The molecule has 124 valence electrons. The number of alkyl carbamates (subject to hydrolysis) is 1. The third-order valence-electron chi connectivity index (χ3n) is 2.72. The molecule has 1 aromatic carbocycles. The summed E-state index contributed by atoms with van der Waals surface area (Å²) >= 11 is 0. The smallest absolute Gasteiger partial charge is 0.416 e. The molecule has 0 saturated carbocycles. The topological polar surface area (TPSA) is 58.6 Å². The molecule has 22 heavy (non-hydrogen) atoms. The minimum Gasteiger partial charge on any atom is -0.444 e. The molecule has 0 saturated heterocycles. The fraction of sp³-hybridized carbons (Fsp3) is 0.533. The van der Waals surface area contributed by atoms with Gasteiger partial charge in [-0.2, -0.15) is 13.2 Å². The van der Waals surface area contributed by atoms with Gasteiger partial charge < -0.3 is 15.2 Å². The van der Waals surface area contributed by atoms with Crippen LogP contribution in [0, 0.1) is 0 Å². The average Bonchev–Trinajstić information content (AvgIpc) is 2.35. The zero-order valence-electron chi connectivity index (χ0n) is 12.6. The van der Waals surface area contributed by atoms with Gasteiger partial charge in [0.15, 0.2) is 6.10 Å². The lowest BCUT2D eigenvalue weighted by Gasteiger charge is -2.27. The summed E-state index contributed by atoms with van der Waals surface area (Å²) in [5, 5.41) is 11.6. The van der Waals surface area contributed by atoms with E-state index in [1.165, 1.54) is 0 Å². The first kappa shape index (κ1) is 18.3. The van der Waals surface area contributed by atoms with Crippen molar-refractivity contribution in [3.05, 3.63) is 35.9 Å². The van der Waals surface area contributed by atoms with Crippen molar-refractivity contribution in [2.75, 3.05) is 0 Å². The number of ether oxygens (including phenoxy) is 1. The fourth-order valence-corrected chi connectivity index (χ4v) is 1.80. The van der Waals surface area contributed by atoms with Gasteiger partial charge in [0.2, 0.25) is 0 Å². The number of nitrogens with one attached hydrogen (secondary N) is 1. The van der Waals surface area contributed by atoms with Crippen molar-refractivity contribution in [3.63, 3.8) is 0 Å². The Hall–Kier alpha value is -1.76. The second-order valence-corrected chi connectivity index (χ2v) is 5.93. The molecule has 0 bridgehead atoms. The van der Waals surface area contributed by atoms with Crippen molar-refractivity contribution in [2.45, 2.75) is 51.1 Å². The molecular formula is C15H20F3NO3. The highest BCUT2D eigenvalue weighted by atomic mass is 19.4. The SMILES string of the molecule is CC(C)(C)OC(=O)N[C@H](Cc1ccccc1)[C@H](O)C(F)(F)F. The molecule has 0 heterocycles. The maximum atomic E-state index is 12.7. The van der Waals surface area contributed by atoms with Gasteiger partial charge in [-0.3, -0.25) is 0 Å². The first-order valence-electron chi connectivity index (χ1n) is 6.77. The Morgan fingerprint density at radius 1 is 1.23 bits per heavy atom. The van der Waals surface area contributed by atoms with E-state index in [4.69, 9.17) is 4.74 Å². The lowest BCUT2D eigenvalue weighted by molar-refractivity contribution is -0.211. The van der Waals surface area contributed by atoms with Gasteiger partial charge in [-0.05, 0) is 32.8 Å². The van der Waals surface area contributed by atoms with Crippen LogP contribution in [0.15, 0.2) is 30.3 Å². The highest BCUT2D eigenvalue weighted by Gasteiger charge is 2.44. The van der Waals surface area contributed by atoms with Crippen molar-refractivity contribution in [2.24, 2.45) is 0 Å². The standard InChI is InChI=1S/C15H20F3NO3/c1-14(2,3)22-13(21)19-11(12(20)15(16,17)18)9-10-7-5-4-6-8-10/h4-8,11-12,20H,9H2,1-3H3,(H,19,21)/t11-,12+/m1/s1. The number of hydrogen-bond donors (Lipinski definition) is 2. The van der Waals surface area contributed by atoms with E-state index < -0.39 is 30.0 Å². The summed E-state index contributed by atoms with van der Waals surface area (Å²) in [5.74, 6) is 0. The Balaban J connectivity index is 2.85. The lowest BCUT2D eigenvalue weighted by atomic mass is 10.0. The summed E-state index contributed by atoms with van der Waals surface area (Å²) in [7, 11) is 0. The maximum Gasteiger partial charge on any atom is 0.416 e. The molecule has 0 fully saturated rings. The van der Waals surface area contributed by atoms with Gasteiger partial charge in [0, 0.05) is 0 Å². The van der Waals surface area contributed by atoms with Crippen molar-refractivity contribution < 1.29 is 27.8 Å². The number of halogens is 3. The van der Waals surface area contributed by atoms with Crippen LogP contribution in [-0.2, 0) is 11.2 Å². The highest BCUT2D eigenvalue weighted by molar-refractivity contribution is 5.68. The van der Waals surface area contributed by atoms with Crippen LogP contribution in [0.25, 0.3) is 0 Å². The molecule has 0 unspecified atom stereocenters. The zero-order chi connectivity index (χ0) is 17.0. The van der Waals surface area contributed by atoms with Crippen LogP contribution in [-0.4, -0.2) is 35.1 Å². The van der Waals surface area contributed by atoms with E-state index in [9.17, 15) is 23.1 Å². The average molecular weight is 319 g/mol. The molecule has 1 rings (SSSR count). The number of aliphatic hydroxyl groups excluding tert-OH is 1. The molecule has 1 aromatic rings. The second kappa shape index (κ2) is 7.00. The molecule has 4 nitrogen and oxygen atoms in total. The number of carbonyl (C=O) groups excluding carboxylic acids is 1. The van der Waals surface area contributed by atoms with E-state index in [0.717, 1.165) is 0 Å². The summed E-state index contributed by atoms with van der Waals surface area (Å²) in [6.45, 7) is 4.79. The number of carbonyl (C=O) groups is 1. The number of benzene rings is 1. The predicted octanol–water partition coefficient (Wildman–Crippen LogP) is 3.05. The van der Waals surface area contributed by atoms with Gasteiger partial charge in [-0.15, -0.1) is 0 Å². The Bertz CT molecular complexity index is 483. The Morgan fingerprint density at radius 3 is 2.23 bits per heavy atom. The van der Waals surface area contributed by atoms with E-state index in [2.05, 4.69) is 5.32 Å². The van der Waals surface area contributed by atoms with Crippen LogP contribution in [0.1, 0.15) is 26.3 Å². The number of amides is 1. The van der Waals surface area contributed by atoms with Crippen LogP contribution in [0.3, 0.4) is 0 Å². The monoisotopic (exact) mass is 319 g/mol. The molecule has 0 spiro atoms. The largest absolute Gasteiger partial charge is 0.444 e. The maximum absolute atomic E-state index is 12.7. The zero-order valence-corrected chi connectivity index (χ0v) is 12.6. The van der Waals surface area contributed by atoms with Gasteiger partial charge in [0.25, 0.3) is 0 Å². The normalized spacial score (nSPS) is 15.0. The summed E-state index contributed by atoms with van der Waals surface area (Å²) in [4.78, 5) is 11.7. The quantitative estimate of drug-likeness (QED) is 0.897. The summed E-state index contributed by atoms with van der Waals surface area (Å²) < 4.78 is 43.2. The van der Waals surface area contributed by atoms with Crippen LogP contribution < -0.4 is 5.32 Å². The molecule has 2 atom stereocenters. The molecule has 7 heteroatoms. The Morgan fingerprint density at radius 2 is 1.77 bits per heavy atom. The summed E-state index contributed by atoms with van der Waals surface area (Å²) in [6.07, 6.45) is -8.69. The van der Waals surface area contributed by atoms with Crippen molar-refractivity contribution in [1.82, 2.24) is 5.32 Å². The van der Waals surface area contributed by atoms with E-state index in [1.54, 1.807) is 51.1 Å². The molecule has 0 aliphatic rings. The van der Waals surface area contributed by atoms with E-state index in [-0.39, 0.29) is 6.42 Å². The predicted molar refractivity (Wildman–Crippen MR) is 75.4 cm³/mol.